The molecule has 0 spiro atoms. The molecule has 1 atom stereocenters. The van der Waals surface area contributed by atoms with Crippen LogP contribution in [0, 0.1) is 0 Å². The fourth-order valence-corrected chi connectivity index (χ4v) is 6.36. The third kappa shape index (κ3) is 35.4. The summed E-state index contributed by atoms with van der Waals surface area (Å²) >= 11 is 0. The highest BCUT2D eigenvalue weighted by Gasteiger charge is 2.14. The molecule has 0 bridgehead atoms. The van der Waals surface area contributed by atoms with Crippen LogP contribution in [0.4, 0.5) is 0 Å². The zero-order valence-corrected chi connectivity index (χ0v) is 30.0. The van der Waals surface area contributed by atoms with Crippen molar-refractivity contribution in [1.82, 2.24) is 0 Å². The molecule has 1 N–H and O–H groups in total. The van der Waals surface area contributed by atoms with Gasteiger partial charge in [-0.3, -0.25) is 9.59 Å². The van der Waals surface area contributed by atoms with Gasteiger partial charge in [0.05, 0.1) is 0 Å². The molecule has 4 nitrogen and oxygen atoms in total. The van der Waals surface area contributed by atoms with Gasteiger partial charge in [-0.15, -0.1) is 0 Å². The van der Waals surface area contributed by atoms with Gasteiger partial charge in [0.1, 0.15) is 6.10 Å². The molecule has 44 heavy (non-hydrogen) atoms. The molecule has 0 fully saturated rings. The van der Waals surface area contributed by atoms with Gasteiger partial charge in [0.2, 0.25) is 0 Å². The summed E-state index contributed by atoms with van der Waals surface area (Å²) in [6.45, 7) is 4.56. The summed E-state index contributed by atoms with van der Waals surface area (Å²) in [5.41, 5.74) is 0. The van der Waals surface area contributed by atoms with Crippen molar-refractivity contribution < 1.29 is 19.4 Å². The molecule has 0 aromatic carbocycles. The van der Waals surface area contributed by atoms with Crippen LogP contribution in [-0.4, -0.2) is 23.1 Å². The number of rotatable bonds is 37. The second-order valence-electron chi connectivity index (χ2n) is 13.8. The average molecular weight is 623 g/mol. The van der Waals surface area contributed by atoms with Crippen molar-refractivity contribution in [2.75, 3.05) is 0 Å². The van der Waals surface area contributed by atoms with E-state index in [0.29, 0.717) is 12.8 Å². The van der Waals surface area contributed by atoms with E-state index in [2.05, 4.69) is 13.8 Å². The van der Waals surface area contributed by atoms with E-state index in [0.717, 1.165) is 38.5 Å². The fraction of sp³-hybridized carbons (Fsp3) is 0.950. The predicted molar refractivity (Wildman–Crippen MR) is 190 cm³/mol. The molecule has 1 unspecified atom stereocenters. The van der Waals surface area contributed by atoms with Crippen LogP contribution in [0.25, 0.3) is 0 Å². The zero-order chi connectivity index (χ0) is 32.2. The lowest BCUT2D eigenvalue weighted by Gasteiger charge is -2.18. The van der Waals surface area contributed by atoms with Crippen molar-refractivity contribution in [2.45, 2.75) is 245 Å². The number of hydrogen-bond donors (Lipinski definition) is 1. The summed E-state index contributed by atoms with van der Waals surface area (Å²) in [4.78, 5) is 23.3. The first-order valence-corrected chi connectivity index (χ1v) is 20.0. The van der Waals surface area contributed by atoms with E-state index in [4.69, 9.17) is 9.84 Å². The Kier molecular flexibility index (Phi) is 35.5. The largest absolute Gasteiger partial charge is 0.481 e. The summed E-state index contributed by atoms with van der Waals surface area (Å²) in [6, 6.07) is 0. The lowest BCUT2D eigenvalue weighted by atomic mass is 10.0. The Balaban J connectivity index is 3.99. The first-order chi connectivity index (χ1) is 21.6. The van der Waals surface area contributed by atoms with Crippen molar-refractivity contribution >= 4 is 11.9 Å². The van der Waals surface area contributed by atoms with E-state index in [1.807, 2.05) is 0 Å². The highest BCUT2D eigenvalue weighted by molar-refractivity contribution is 5.69. The van der Waals surface area contributed by atoms with Crippen LogP contribution < -0.4 is 0 Å². The molecule has 0 rings (SSSR count). The van der Waals surface area contributed by atoms with Crippen molar-refractivity contribution in [3.05, 3.63) is 0 Å². The van der Waals surface area contributed by atoms with Crippen molar-refractivity contribution in [1.29, 1.82) is 0 Å². The first-order valence-electron chi connectivity index (χ1n) is 20.0. The fourth-order valence-electron chi connectivity index (χ4n) is 6.36. The van der Waals surface area contributed by atoms with Crippen molar-refractivity contribution in [3.8, 4) is 0 Å². The van der Waals surface area contributed by atoms with Crippen molar-refractivity contribution in [2.24, 2.45) is 0 Å². The Morgan fingerprint density at radius 1 is 0.409 bits per heavy atom. The van der Waals surface area contributed by atoms with Crippen LogP contribution in [0.3, 0.4) is 0 Å². The molecule has 0 aliphatic rings. The Labute approximate surface area is 275 Å². The normalized spacial score (nSPS) is 12.0. The maximum Gasteiger partial charge on any atom is 0.306 e. The van der Waals surface area contributed by atoms with Crippen LogP contribution in [0.5, 0.6) is 0 Å². The van der Waals surface area contributed by atoms with Crippen LogP contribution in [0.1, 0.15) is 239 Å². The molecule has 0 heterocycles. The number of hydrogen-bond acceptors (Lipinski definition) is 3. The van der Waals surface area contributed by atoms with Crippen LogP contribution >= 0.6 is 0 Å². The second kappa shape index (κ2) is 36.4. The number of carbonyl (C=O) groups is 2. The molecule has 4 heteroatoms. The van der Waals surface area contributed by atoms with Gasteiger partial charge in [0, 0.05) is 12.8 Å². The summed E-state index contributed by atoms with van der Waals surface area (Å²) < 4.78 is 6.05. The maximum absolute atomic E-state index is 12.7. The minimum absolute atomic E-state index is 0.0426. The number of carbonyl (C=O) groups excluding carboxylic acids is 1. The molecule has 0 aromatic heterocycles. The summed E-state index contributed by atoms with van der Waals surface area (Å²) in [7, 11) is 0. The van der Waals surface area contributed by atoms with Crippen LogP contribution in [0.15, 0.2) is 0 Å². The number of aliphatic carboxylic acids is 1. The number of esters is 1. The Hall–Kier alpha value is -1.06. The number of carboxylic acids is 1. The predicted octanol–water partition coefficient (Wildman–Crippen LogP) is 13.7. The van der Waals surface area contributed by atoms with E-state index >= 15 is 0 Å². The van der Waals surface area contributed by atoms with Crippen molar-refractivity contribution in [3.63, 3.8) is 0 Å². The van der Waals surface area contributed by atoms with E-state index in [-0.39, 0.29) is 12.1 Å². The maximum atomic E-state index is 12.7. The quantitative estimate of drug-likeness (QED) is 0.0553. The third-order valence-corrected chi connectivity index (χ3v) is 9.33. The molecule has 0 radical (unpaired) electrons. The van der Waals surface area contributed by atoms with E-state index < -0.39 is 5.97 Å². The van der Waals surface area contributed by atoms with Crippen LogP contribution in [-0.2, 0) is 14.3 Å². The molecular formula is C40H78O4. The number of carboxylic acid groups (broad SMARTS) is 1. The van der Waals surface area contributed by atoms with E-state index in [1.54, 1.807) is 0 Å². The zero-order valence-electron chi connectivity index (χ0n) is 30.0. The number of unbranched alkanes of at least 4 members (excludes halogenated alkanes) is 28. The Bertz CT molecular complexity index is 590. The van der Waals surface area contributed by atoms with Gasteiger partial charge in [-0.25, -0.2) is 0 Å². The van der Waals surface area contributed by atoms with Gasteiger partial charge < -0.3 is 9.84 Å². The standard InChI is InChI=1S/C40H78O4/c1-3-5-7-9-11-13-14-15-16-21-25-29-33-37-40(43)44-38(34-30-26-22-12-10-8-6-4-2)35-31-27-23-19-17-18-20-24-28-32-36-39(41)42/h38H,3-37H2,1-2H3,(H,41,42). The topological polar surface area (TPSA) is 63.6 Å². The second-order valence-corrected chi connectivity index (χ2v) is 13.8. The third-order valence-electron chi connectivity index (χ3n) is 9.33. The van der Waals surface area contributed by atoms with Gasteiger partial charge in [0.15, 0.2) is 0 Å². The SMILES string of the molecule is CCCCCCCCCCCCCCCC(=O)OC(CCCCCCCCCC)CCCCCCCCCCCCC(=O)O. The Morgan fingerprint density at radius 3 is 1.00 bits per heavy atom. The highest BCUT2D eigenvalue weighted by atomic mass is 16.5. The lowest BCUT2D eigenvalue weighted by molar-refractivity contribution is -0.150. The minimum Gasteiger partial charge on any atom is -0.481 e. The molecule has 0 aliphatic heterocycles. The smallest absolute Gasteiger partial charge is 0.306 e. The molecule has 0 aromatic rings. The monoisotopic (exact) mass is 623 g/mol. The lowest BCUT2D eigenvalue weighted by Crippen LogP contribution is -2.18. The molecular weight excluding hydrogens is 544 g/mol. The van der Waals surface area contributed by atoms with Gasteiger partial charge in [0.25, 0.3) is 0 Å². The van der Waals surface area contributed by atoms with Gasteiger partial charge in [-0.05, 0) is 38.5 Å². The first kappa shape index (κ1) is 42.9. The highest BCUT2D eigenvalue weighted by Crippen LogP contribution is 2.19. The minimum atomic E-state index is -0.672. The molecule has 0 amide bonds. The van der Waals surface area contributed by atoms with E-state index in [1.165, 1.54) is 173 Å². The number of ether oxygens (including phenoxy) is 1. The summed E-state index contributed by atoms with van der Waals surface area (Å²) in [5.74, 6) is -0.629. The van der Waals surface area contributed by atoms with Gasteiger partial charge >= 0.3 is 11.9 Å². The summed E-state index contributed by atoms with van der Waals surface area (Å²) in [6.07, 6.45) is 42.7. The molecule has 0 saturated carbocycles. The van der Waals surface area contributed by atoms with Gasteiger partial charge in [-0.2, -0.15) is 0 Å². The molecule has 262 valence electrons. The summed E-state index contributed by atoms with van der Waals surface area (Å²) in [5, 5.41) is 8.71. The molecule has 0 saturated heterocycles. The average Bonchev–Trinajstić information content (AvgIpc) is 3.01. The van der Waals surface area contributed by atoms with Gasteiger partial charge in [-0.1, -0.05) is 187 Å². The molecule has 0 aliphatic carbocycles. The van der Waals surface area contributed by atoms with E-state index in [9.17, 15) is 9.59 Å². The van der Waals surface area contributed by atoms with Crippen LogP contribution in [0.2, 0.25) is 0 Å². The Morgan fingerprint density at radius 2 is 0.682 bits per heavy atom.